The van der Waals surface area contributed by atoms with Gasteiger partial charge in [-0.1, -0.05) is 31.7 Å². The Kier molecular flexibility index (Phi) is 5.36. The molecule has 1 aliphatic carbocycles. The first-order chi connectivity index (χ1) is 10.0. The maximum absolute atomic E-state index is 13.4. The molecule has 0 amide bonds. The zero-order valence-corrected chi connectivity index (χ0v) is 13.5. The number of aryl methyl sites for hydroxylation is 1. The van der Waals surface area contributed by atoms with E-state index in [1.165, 1.54) is 31.7 Å². The Hall–Kier alpha value is -0.970. The highest BCUT2D eigenvalue weighted by Crippen LogP contribution is 2.41. The van der Waals surface area contributed by atoms with Crippen molar-refractivity contribution in [3.05, 3.63) is 35.1 Å². The van der Waals surface area contributed by atoms with Gasteiger partial charge in [0.05, 0.1) is 6.04 Å². The molecular weight excluding hydrogens is 265 g/mol. The zero-order chi connectivity index (χ0) is 15.5. The Morgan fingerprint density at radius 2 is 1.81 bits per heavy atom. The van der Waals surface area contributed by atoms with Gasteiger partial charge in [-0.05, 0) is 57.1 Å². The lowest BCUT2D eigenvalue weighted by Crippen LogP contribution is -2.55. The molecule has 1 fully saturated rings. The number of rotatable bonds is 4. The molecular formula is C17H28FN3. The molecule has 0 heterocycles. The summed E-state index contributed by atoms with van der Waals surface area (Å²) >= 11 is 0. The molecule has 3 N–H and O–H groups in total. The number of nitrogens with zero attached hydrogens (tertiary/aromatic N) is 1. The first-order valence-electron chi connectivity index (χ1n) is 7.91. The van der Waals surface area contributed by atoms with Crippen LogP contribution in [0.3, 0.4) is 0 Å². The number of likely N-dealkylation sites (N-methyl/N-ethyl adjacent to an activating group) is 1. The average Bonchev–Trinajstić information content (AvgIpc) is 2.69. The minimum Gasteiger partial charge on any atom is -0.302 e. The van der Waals surface area contributed by atoms with E-state index in [2.05, 4.69) is 24.4 Å². The van der Waals surface area contributed by atoms with Gasteiger partial charge in [0.15, 0.2) is 0 Å². The normalized spacial score (nSPS) is 20.3. The van der Waals surface area contributed by atoms with Crippen LogP contribution in [0.2, 0.25) is 0 Å². The highest BCUT2D eigenvalue weighted by Gasteiger charge is 2.41. The van der Waals surface area contributed by atoms with Crippen LogP contribution < -0.4 is 11.3 Å². The summed E-state index contributed by atoms with van der Waals surface area (Å²) in [5.74, 6) is 5.76. The van der Waals surface area contributed by atoms with Gasteiger partial charge in [0, 0.05) is 5.54 Å². The smallest absolute Gasteiger partial charge is 0.123 e. The second-order valence-corrected chi connectivity index (χ2v) is 6.51. The lowest BCUT2D eigenvalue weighted by molar-refractivity contribution is 0.0797. The minimum atomic E-state index is -0.188. The molecule has 1 atom stereocenters. The maximum Gasteiger partial charge on any atom is 0.123 e. The standard InChI is InChI=1S/C17H28FN3/c1-13-12-14(18)8-9-15(13)16(20-19)17(21(2)3)10-6-4-5-7-11-17/h8-9,12,16,20H,4-7,10-11,19H2,1-3H3. The third-order valence-electron chi connectivity index (χ3n) is 5.11. The fraction of sp³-hybridized carbons (Fsp3) is 0.647. The van der Waals surface area contributed by atoms with Crippen LogP contribution in [0.25, 0.3) is 0 Å². The van der Waals surface area contributed by atoms with Crippen LogP contribution in [0, 0.1) is 12.7 Å². The maximum atomic E-state index is 13.4. The van der Waals surface area contributed by atoms with Crippen LogP contribution in [-0.4, -0.2) is 24.5 Å². The Morgan fingerprint density at radius 1 is 1.19 bits per heavy atom. The summed E-state index contributed by atoms with van der Waals surface area (Å²) in [4.78, 5) is 2.31. The average molecular weight is 293 g/mol. The van der Waals surface area contributed by atoms with Crippen LogP contribution in [0.15, 0.2) is 18.2 Å². The van der Waals surface area contributed by atoms with E-state index in [0.717, 1.165) is 24.0 Å². The molecule has 0 spiro atoms. The molecule has 21 heavy (non-hydrogen) atoms. The molecule has 118 valence electrons. The third kappa shape index (κ3) is 3.28. The van der Waals surface area contributed by atoms with Crippen molar-refractivity contribution in [3.63, 3.8) is 0 Å². The predicted octanol–water partition coefficient (Wildman–Crippen LogP) is 3.29. The highest BCUT2D eigenvalue weighted by molar-refractivity contribution is 5.32. The van der Waals surface area contributed by atoms with Gasteiger partial charge in [0.2, 0.25) is 0 Å². The van der Waals surface area contributed by atoms with Gasteiger partial charge < -0.3 is 4.90 Å². The van der Waals surface area contributed by atoms with E-state index in [1.54, 1.807) is 6.07 Å². The van der Waals surface area contributed by atoms with Crippen molar-refractivity contribution < 1.29 is 4.39 Å². The summed E-state index contributed by atoms with van der Waals surface area (Å²) in [6, 6.07) is 5.03. The molecule has 1 saturated carbocycles. The Labute approximate surface area is 127 Å². The lowest BCUT2D eigenvalue weighted by atomic mass is 9.77. The number of nitrogens with two attached hydrogens (primary N) is 1. The molecule has 0 aliphatic heterocycles. The van der Waals surface area contributed by atoms with Crippen LogP contribution in [-0.2, 0) is 0 Å². The van der Waals surface area contributed by atoms with Crippen LogP contribution in [0.5, 0.6) is 0 Å². The molecule has 1 aromatic rings. The number of benzene rings is 1. The molecule has 1 aliphatic rings. The molecule has 1 unspecified atom stereocenters. The second-order valence-electron chi connectivity index (χ2n) is 6.51. The monoisotopic (exact) mass is 293 g/mol. The van der Waals surface area contributed by atoms with Gasteiger partial charge in [-0.3, -0.25) is 11.3 Å². The van der Waals surface area contributed by atoms with Gasteiger partial charge >= 0.3 is 0 Å². The molecule has 3 nitrogen and oxygen atoms in total. The van der Waals surface area contributed by atoms with E-state index in [9.17, 15) is 4.39 Å². The van der Waals surface area contributed by atoms with Crippen molar-refractivity contribution in [2.75, 3.05) is 14.1 Å². The summed E-state index contributed by atoms with van der Waals surface area (Å²) in [7, 11) is 4.27. The third-order valence-corrected chi connectivity index (χ3v) is 5.11. The highest BCUT2D eigenvalue weighted by atomic mass is 19.1. The Morgan fingerprint density at radius 3 is 2.29 bits per heavy atom. The molecule has 1 aromatic carbocycles. The summed E-state index contributed by atoms with van der Waals surface area (Å²) in [5, 5.41) is 0. The first kappa shape index (κ1) is 16.4. The number of nitrogens with one attached hydrogen (secondary N) is 1. The molecule has 0 bridgehead atoms. The predicted molar refractivity (Wildman–Crippen MR) is 85.3 cm³/mol. The van der Waals surface area contributed by atoms with Gasteiger partial charge in [-0.2, -0.15) is 0 Å². The first-order valence-corrected chi connectivity index (χ1v) is 7.91. The van der Waals surface area contributed by atoms with Crippen LogP contribution in [0.1, 0.15) is 55.7 Å². The van der Waals surface area contributed by atoms with E-state index in [1.807, 2.05) is 13.0 Å². The second kappa shape index (κ2) is 6.86. The van der Waals surface area contributed by atoms with Gasteiger partial charge in [-0.25, -0.2) is 4.39 Å². The molecule has 0 saturated heterocycles. The van der Waals surface area contributed by atoms with Gasteiger partial charge in [-0.15, -0.1) is 0 Å². The lowest BCUT2D eigenvalue weighted by Gasteiger charge is -2.46. The summed E-state index contributed by atoms with van der Waals surface area (Å²) in [6.45, 7) is 1.96. The molecule has 4 heteroatoms. The summed E-state index contributed by atoms with van der Waals surface area (Å²) < 4.78 is 13.4. The van der Waals surface area contributed by atoms with E-state index >= 15 is 0 Å². The Bertz CT molecular complexity index is 465. The SMILES string of the molecule is Cc1cc(F)ccc1C(NN)C1(N(C)C)CCCCCC1. The fourth-order valence-electron chi connectivity index (χ4n) is 3.83. The molecule has 2 rings (SSSR count). The summed E-state index contributed by atoms with van der Waals surface area (Å²) in [6.07, 6.45) is 7.25. The van der Waals surface area contributed by atoms with Crippen molar-refractivity contribution in [1.82, 2.24) is 10.3 Å². The van der Waals surface area contributed by atoms with Gasteiger partial charge in [0.1, 0.15) is 5.82 Å². The van der Waals surface area contributed by atoms with Crippen molar-refractivity contribution in [2.24, 2.45) is 5.84 Å². The van der Waals surface area contributed by atoms with Gasteiger partial charge in [0.25, 0.3) is 0 Å². The van der Waals surface area contributed by atoms with Crippen molar-refractivity contribution >= 4 is 0 Å². The van der Waals surface area contributed by atoms with E-state index in [4.69, 9.17) is 5.84 Å². The van der Waals surface area contributed by atoms with Crippen molar-refractivity contribution in [3.8, 4) is 0 Å². The number of hydrazine groups is 1. The van der Waals surface area contributed by atoms with E-state index in [0.29, 0.717) is 0 Å². The van der Waals surface area contributed by atoms with Crippen molar-refractivity contribution in [1.29, 1.82) is 0 Å². The largest absolute Gasteiger partial charge is 0.302 e. The van der Waals surface area contributed by atoms with E-state index in [-0.39, 0.29) is 17.4 Å². The minimum absolute atomic E-state index is 0.00611. The van der Waals surface area contributed by atoms with Crippen molar-refractivity contribution in [2.45, 2.75) is 57.0 Å². The van der Waals surface area contributed by atoms with E-state index < -0.39 is 0 Å². The number of hydrogen-bond acceptors (Lipinski definition) is 3. The number of halogens is 1. The van der Waals surface area contributed by atoms with Crippen LogP contribution >= 0.6 is 0 Å². The number of hydrogen-bond donors (Lipinski definition) is 2. The quantitative estimate of drug-likeness (QED) is 0.508. The Balaban J connectivity index is 2.44. The summed E-state index contributed by atoms with van der Waals surface area (Å²) in [5.41, 5.74) is 5.10. The van der Waals surface area contributed by atoms with Crippen LogP contribution in [0.4, 0.5) is 4.39 Å². The molecule has 0 radical (unpaired) electrons. The molecule has 0 aromatic heterocycles. The topological polar surface area (TPSA) is 41.3 Å². The zero-order valence-electron chi connectivity index (χ0n) is 13.5. The fourth-order valence-corrected chi connectivity index (χ4v) is 3.83.